The number of carboxylic acid groups (broad SMARTS) is 1. The van der Waals surface area contributed by atoms with Crippen LogP contribution in [-0.4, -0.2) is 39.2 Å². The van der Waals surface area contributed by atoms with E-state index >= 15 is 0 Å². The van der Waals surface area contributed by atoms with Crippen molar-refractivity contribution in [2.24, 2.45) is 7.05 Å². The number of hydrogen-bond donors (Lipinski definition) is 3. The number of aryl methyl sites for hydroxylation is 2. The highest BCUT2D eigenvalue weighted by Gasteiger charge is 2.07. The van der Waals surface area contributed by atoms with Gasteiger partial charge in [-0.1, -0.05) is 12.1 Å². The lowest BCUT2D eigenvalue weighted by atomic mass is 10.1. The highest BCUT2D eigenvalue weighted by atomic mass is 16.4. The molecule has 2 aromatic rings. The molecule has 132 valence electrons. The minimum absolute atomic E-state index is 0.0853. The molecule has 0 saturated heterocycles. The molecule has 8 nitrogen and oxygen atoms in total. The van der Waals surface area contributed by atoms with Crippen LogP contribution in [0.1, 0.15) is 17.7 Å². The first-order valence-corrected chi connectivity index (χ1v) is 7.78. The average molecular weight is 344 g/mol. The van der Waals surface area contributed by atoms with E-state index in [0.29, 0.717) is 18.5 Å². The Balaban J connectivity index is 1.79. The third-order valence-corrected chi connectivity index (χ3v) is 3.57. The third kappa shape index (κ3) is 6.09. The Kier molecular flexibility index (Phi) is 6.27. The van der Waals surface area contributed by atoms with Gasteiger partial charge in [0.1, 0.15) is 6.54 Å². The topological polar surface area (TPSA) is 113 Å². The van der Waals surface area contributed by atoms with Gasteiger partial charge in [-0.2, -0.15) is 5.10 Å². The molecule has 0 unspecified atom stereocenters. The summed E-state index contributed by atoms with van der Waals surface area (Å²) in [4.78, 5) is 33.9. The fourth-order valence-electron chi connectivity index (χ4n) is 2.24. The molecule has 1 aromatic carbocycles. The molecule has 8 heteroatoms. The number of aromatic nitrogens is 2. The first-order valence-electron chi connectivity index (χ1n) is 7.78. The quantitative estimate of drug-likeness (QED) is 0.653. The molecule has 0 aliphatic rings. The van der Waals surface area contributed by atoms with Gasteiger partial charge in [0.25, 0.3) is 0 Å². The number of aliphatic carboxylic acids is 1. The Bertz CT molecular complexity index is 752. The Morgan fingerprint density at radius 3 is 2.44 bits per heavy atom. The van der Waals surface area contributed by atoms with E-state index in [9.17, 15) is 14.4 Å². The lowest BCUT2D eigenvalue weighted by molar-refractivity contribution is -0.137. The number of carboxylic acids is 1. The summed E-state index contributed by atoms with van der Waals surface area (Å²) in [6.45, 7) is -0.399. The van der Waals surface area contributed by atoms with Crippen molar-refractivity contribution in [3.63, 3.8) is 0 Å². The van der Waals surface area contributed by atoms with Crippen molar-refractivity contribution >= 4 is 23.5 Å². The van der Waals surface area contributed by atoms with Crippen LogP contribution in [-0.2, 0) is 34.3 Å². The normalized spacial score (nSPS) is 10.3. The minimum atomic E-state index is -1.09. The Morgan fingerprint density at radius 2 is 1.84 bits per heavy atom. The first kappa shape index (κ1) is 18.2. The molecule has 0 bridgehead atoms. The molecular weight excluding hydrogens is 324 g/mol. The fraction of sp³-hybridized carbons (Fsp3) is 0.294. The van der Waals surface area contributed by atoms with Crippen molar-refractivity contribution in [1.82, 2.24) is 15.1 Å². The van der Waals surface area contributed by atoms with Crippen LogP contribution < -0.4 is 10.6 Å². The van der Waals surface area contributed by atoms with E-state index in [0.717, 1.165) is 11.3 Å². The first-order chi connectivity index (χ1) is 11.9. The molecule has 0 saturated carbocycles. The number of nitrogens with zero attached hydrogens (tertiary/aromatic N) is 2. The summed E-state index contributed by atoms with van der Waals surface area (Å²) >= 11 is 0. The fourth-order valence-corrected chi connectivity index (χ4v) is 2.24. The van der Waals surface area contributed by atoms with Gasteiger partial charge in [-0.25, -0.2) is 0 Å². The molecule has 0 atom stereocenters. The molecule has 2 amide bonds. The molecule has 25 heavy (non-hydrogen) atoms. The van der Waals surface area contributed by atoms with Crippen molar-refractivity contribution in [3.8, 4) is 0 Å². The summed E-state index contributed by atoms with van der Waals surface area (Å²) in [6, 6.07) is 8.73. The summed E-state index contributed by atoms with van der Waals surface area (Å²) < 4.78 is 1.73. The summed E-state index contributed by atoms with van der Waals surface area (Å²) in [6.07, 6.45) is 2.73. The van der Waals surface area contributed by atoms with Crippen LogP contribution in [0, 0.1) is 0 Å². The number of benzene rings is 1. The number of carbonyl (C=O) groups excluding carboxylic acids is 2. The second-order valence-corrected chi connectivity index (χ2v) is 5.54. The van der Waals surface area contributed by atoms with Crippen LogP contribution in [0.15, 0.2) is 36.5 Å². The largest absolute Gasteiger partial charge is 0.480 e. The molecule has 0 spiro atoms. The smallest absolute Gasteiger partial charge is 0.322 e. The SMILES string of the molecule is Cn1nccc1CCC(=O)Nc1ccc(CC(=O)NCC(=O)O)cc1. The highest BCUT2D eigenvalue weighted by Crippen LogP contribution is 2.11. The van der Waals surface area contributed by atoms with Gasteiger partial charge in [0.15, 0.2) is 0 Å². The van der Waals surface area contributed by atoms with Crippen LogP contribution in [0.4, 0.5) is 5.69 Å². The molecule has 0 fully saturated rings. The number of nitrogens with one attached hydrogen (secondary N) is 2. The molecule has 0 radical (unpaired) electrons. The molecule has 0 aliphatic heterocycles. The van der Waals surface area contributed by atoms with E-state index in [-0.39, 0.29) is 18.2 Å². The van der Waals surface area contributed by atoms with Crippen molar-refractivity contribution in [2.45, 2.75) is 19.3 Å². The number of carbonyl (C=O) groups is 3. The summed E-state index contributed by atoms with van der Waals surface area (Å²) in [7, 11) is 1.83. The highest BCUT2D eigenvalue weighted by molar-refractivity contribution is 5.91. The molecule has 1 aromatic heterocycles. The van der Waals surface area contributed by atoms with E-state index in [1.807, 2.05) is 13.1 Å². The van der Waals surface area contributed by atoms with Gasteiger partial charge in [-0.05, 0) is 30.2 Å². The monoisotopic (exact) mass is 344 g/mol. The standard InChI is InChI=1S/C17H20N4O4/c1-21-14(8-9-19-21)6-7-15(22)20-13-4-2-12(3-5-13)10-16(23)18-11-17(24)25/h2-5,8-9H,6-7,10-11H2,1H3,(H,18,23)(H,20,22)(H,24,25). The average Bonchev–Trinajstić information content (AvgIpc) is 2.98. The van der Waals surface area contributed by atoms with Crippen molar-refractivity contribution < 1.29 is 19.5 Å². The van der Waals surface area contributed by atoms with Gasteiger partial charge < -0.3 is 15.7 Å². The molecule has 3 N–H and O–H groups in total. The van der Waals surface area contributed by atoms with Gasteiger partial charge in [0.2, 0.25) is 11.8 Å². The second-order valence-electron chi connectivity index (χ2n) is 5.54. The summed E-state index contributed by atoms with van der Waals surface area (Å²) in [5.74, 6) is -1.55. The molecule has 1 heterocycles. The van der Waals surface area contributed by atoms with Gasteiger partial charge in [0.05, 0.1) is 6.42 Å². The Hall–Kier alpha value is -3.16. The van der Waals surface area contributed by atoms with Crippen LogP contribution in [0.25, 0.3) is 0 Å². The molecule has 2 rings (SSSR count). The van der Waals surface area contributed by atoms with E-state index < -0.39 is 12.5 Å². The van der Waals surface area contributed by atoms with E-state index in [2.05, 4.69) is 15.7 Å². The maximum Gasteiger partial charge on any atom is 0.322 e. The van der Waals surface area contributed by atoms with Gasteiger partial charge >= 0.3 is 5.97 Å². The van der Waals surface area contributed by atoms with Gasteiger partial charge in [-0.3, -0.25) is 19.1 Å². The number of anilines is 1. The zero-order chi connectivity index (χ0) is 18.2. The second kappa shape index (κ2) is 8.62. The van der Waals surface area contributed by atoms with Crippen molar-refractivity contribution in [2.75, 3.05) is 11.9 Å². The number of amides is 2. The lowest BCUT2D eigenvalue weighted by Crippen LogP contribution is -2.30. The van der Waals surface area contributed by atoms with E-state index in [1.165, 1.54) is 0 Å². The van der Waals surface area contributed by atoms with Crippen molar-refractivity contribution in [3.05, 3.63) is 47.8 Å². The minimum Gasteiger partial charge on any atom is -0.480 e. The van der Waals surface area contributed by atoms with Gasteiger partial charge in [0, 0.05) is 31.0 Å². The summed E-state index contributed by atoms with van der Waals surface area (Å²) in [5, 5.41) is 17.7. The lowest BCUT2D eigenvalue weighted by Gasteiger charge is -2.07. The molecule has 0 aliphatic carbocycles. The summed E-state index contributed by atoms with van der Waals surface area (Å²) in [5.41, 5.74) is 2.36. The predicted octanol–water partition coefficient (Wildman–Crippen LogP) is 0.735. The van der Waals surface area contributed by atoms with E-state index in [1.54, 1.807) is 35.1 Å². The maximum atomic E-state index is 12.0. The van der Waals surface area contributed by atoms with Crippen LogP contribution in [0.3, 0.4) is 0 Å². The Labute approximate surface area is 144 Å². The van der Waals surface area contributed by atoms with Crippen LogP contribution in [0.2, 0.25) is 0 Å². The third-order valence-electron chi connectivity index (χ3n) is 3.57. The van der Waals surface area contributed by atoms with Crippen LogP contribution in [0.5, 0.6) is 0 Å². The Morgan fingerprint density at radius 1 is 1.12 bits per heavy atom. The van der Waals surface area contributed by atoms with E-state index in [4.69, 9.17) is 5.11 Å². The number of rotatable bonds is 8. The zero-order valence-corrected chi connectivity index (χ0v) is 13.9. The number of hydrogen-bond acceptors (Lipinski definition) is 4. The van der Waals surface area contributed by atoms with Gasteiger partial charge in [-0.15, -0.1) is 0 Å². The van der Waals surface area contributed by atoms with Crippen LogP contribution >= 0.6 is 0 Å². The predicted molar refractivity (Wildman–Crippen MR) is 91.0 cm³/mol. The zero-order valence-electron chi connectivity index (χ0n) is 13.9. The van der Waals surface area contributed by atoms with Crippen molar-refractivity contribution in [1.29, 1.82) is 0 Å². The molecular formula is C17H20N4O4. The maximum absolute atomic E-state index is 12.0.